The van der Waals surface area contributed by atoms with Crippen molar-refractivity contribution in [2.45, 2.75) is 25.7 Å². The Morgan fingerprint density at radius 3 is 2.59 bits per heavy atom. The van der Waals surface area contributed by atoms with Crippen LogP contribution in [-0.2, 0) is 10.0 Å². The quantitative estimate of drug-likeness (QED) is 0.808. The van der Waals surface area contributed by atoms with Crippen molar-refractivity contribution in [1.82, 2.24) is 9.38 Å². The van der Waals surface area contributed by atoms with Gasteiger partial charge in [-0.25, -0.2) is 13.4 Å². The summed E-state index contributed by atoms with van der Waals surface area (Å²) >= 11 is 0. The van der Waals surface area contributed by atoms with Crippen molar-refractivity contribution in [3.63, 3.8) is 0 Å². The van der Waals surface area contributed by atoms with E-state index in [2.05, 4.69) is 9.71 Å². The van der Waals surface area contributed by atoms with Crippen molar-refractivity contribution in [3.8, 4) is 0 Å². The van der Waals surface area contributed by atoms with Gasteiger partial charge in [0.05, 0.1) is 16.3 Å². The lowest BCUT2D eigenvalue weighted by Crippen LogP contribution is -2.14. The molecule has 5 nitrogen and oxygen atoms in total. The third kappa shape index (κ3) is 2.57. The number of sulfonamides is 1. The van der Waals surface area contributed by atoms with Crippen LogP contribution in [0, 0.1) is 20.8 Å². The highest BCUT2D eigenvalue weighted by molar-refractivity contribution is 7.92. The van der Waals surface area contributed by atoms with Gasteiger partial charge in [0.2, 0.25) is 0 Å². The summed E-state index contributed by atoms with van der Waals surface area (Å²) in [6.07, 6.45) is 3.69. The fourth-order valence-electron chi connectivity index (χ4n) is 2.30. The van der Waals surface area contributed by atoms with E-state index < -0.39 is 10.0 Å². The van der Waals surface area contributed by atoms with Crippen LogP contribution in [0.4, 0.5) is 5.69 Å². The summed E-state index contributed by atoms with van der Waals surface area (Å²) in [5.41, 5.74) is 3.89. The maximum absolute atomic E-state index is 12.6. The Hall–Kier alpha value is -2.34. The highest BCUT2D eigenvalue weighted by Gasteiger charge is 2.17. The highest BCUT2D eigenvalue weighted by Crippen LogP contribution is 2.22. The first kappa shape index (κ1) is 14.6. The molecular weight excluding hydrogens is 298 g/mol. The molecule has 0 spiro atoms. The predicted molar refractivity (Wildman–Crippen MR) is 86.7 cm³/mol. The highest BCUT2D eigenvalue weighted by atomic mass is 32.2. The molecule has 0 radical (unpaired) electrons. The zero-order chi connectivity index (χ0) is 15.9. The van der Waals surface area contributed by atoms with Gasteiger partial charge in [-0.1, -0.05) is 6.07 Å². The molecule has 0 saturated heterocycles. The second-order valence-electron chi connectivity index (χ2n) is 5.39. The third-order valence-electron chi connectivity index (χ3n) is 3.64. The van der Waals surface area contributed by atoms with Gasteiger partial charge in [0.1, 0.15) is 0 Å². The second kappa shape index (κ2) is 5.14. The van der Waals surface area contributed by atoms with E-state index in [1.165, 1.54) is 0 Å². The van der Waals surface area contributed by atoms with Gasteiger partial charge >= 0.3 is 0 Å². The van der Waals surface area contributed by atoms with Gasteiger partial charge in [-0.05, 0) is 56.2 Å². The second-order valence-corrected chi connectivity index (χ2v) is 7.07. The summed E-state index contributed by atoms with van der Waals surface area (Å²) in [5, 5.41) is 0. The van der Waals surface area contributed by atoms with Crippen LogP contribution < -0.4 is 4.72 Å². The number of hydrogen-bond donors (Lipinski definition) is 1. The number of rotatable bonds is 3. The number of pyridine rings is 1. The molecule has 0 amide bonds. The average molecular weight is 315 g/mol. The lowest BCUT2D eigenvalue weighted by molar-refractivity contribution is 0.601. The van der Waals surface area contributed by atoms with E-state index in [0.717, 1.165) is 16.8 Å². The van der Waals surface area contributed by atoms with Gasteiger partial charge in [-0.15, -0.1) is 0 Å². The molecule has 2 aromatic heterocycles. The molecular formula is C16H17N3O2S. The molecule has 3 aromatic rings. The number of imidazole rings is 1. The molecule has 22 heavy (non-hydrogen) atoms. The first-order valence-corrected chi connectivity index (χ1v) is 8.39. The number of nitrogens with one attached hydrogen (secondary N) is 1. The van der Waals surface area contributed by atoms with Gasteiger partial charge in [0.25, 0.3) is 10.0 Å². The van der Waals surface area contributed by atoms with Gasteiger partial charge in [0, 0.05) is 12.4 Å². The van der Waals surface area contributed by atoms with Crippen LogP contribution in [0.2, 0.25) is 0 Å². The summed E-state index contributed by atoms with van der Waals surface area (Å²) < 4.78 is 29.6. The molecule has 0 aliphatic heterocycles. The molecule has 0 unspecified atom stereocenters. The molecule has 0 fully saturated rings. The Morgan fingerprint density at radius 2 is 1.86 bits per heavy atom. The molecule has 6 heteroatoms. The summed E-state index contributed by atoms with van der Waals surface area (Å²) in [5.74, 6) is 0. The number of fused-ring (bicyclic) bond motifs is 1. The van der Waals surface area contributed by atoms with E-state index in [-0.39, 0.29) is 4.90 Å². The zero-order valence-corrected chi connectivity index (χ0v) is 13.5. The smallest absolute Gasteiger partial charge is 0.262 e. The summed E-state index contributed by atoms with van der Waals surface area (Å²) in [4.78, 5) is 4.61. The molecule has 2 heterocycles. The van der Waals surface area contributed by atoms with E-state index >= 15 is 0 Å². The first-order chi connectivity index (χ1) is 10.4. The maximum atomic E-state index is 12.6. The fraction of sp³-hybridized carbons (Fsp3) is 0.188. The Labute approximate surface area is 129 Å². The summed E-state index contributed by atoms with van der Waals surface area (Å²) in [7, 11) is -3.64. The molecule has 0 saturated carbocycles. The molecule has 0 aliphatic rings. The molecule has 1 N–H and O–H groups in total. The maximum Gasteiger partial charge on any atom is 0.262 e. The van der Waals surface area contributed by atoms with E-state index in [4.69, 9.17) is 0 Å². The molecule has 1 aromatic carbocycles. The minimum absolute atomic E-state index is 0.251. The Kier molecular flexibility index (Phi) is 3.41. The Balaban J connectivity index is 2.04. The van der Waals surface area contributed by atoms with Crippen LogP contribution in [0.5, 0.6) is 0 Å². The first-order valence-electron chi connectivity index (χ1n) is 6.91. The van der Waals surface area contributed by atoms with Gasteiger partial charge in [0.15, 0.2) is 5.65 Å². The molecule has 0 bridgehead atoms. The van der Waals surface area contributed by atoms with Crippen molar-refractivity contribution in [2.75, 3.05) is 4.72 Å². The van der Waals surface area contributed by atoms with Crippen LogP contribution >= 0.6 is 0 Å². The largest absolute Gasteiger partial charge is 0.305 e. The number of benzene rings is 1. The van der Waals surface area contributed by atoms with Crippen molar-refractivity contribution in [2.24, 2.45) is 0 Å². The van der Waals surface area contributed by atoms with Crippen LogP contribution in [0.15, 0.2) is 47.6 Å². The average Bonchev–Trinajstić information content (AvgIpc) is 2.83. The SMILES string of the molecule is Cc1cn2cccc(NS(=O)(=O)c3ccc(C)c(C)c3)c2n1. The number of aryl methyl sites for hydroxylation is 3. The molecule has 3 rings (SSSR count). The lowest BCUT2D eigenvalue weighted by atomic mass is 10.1. The van der Waals surface area contributed by atoms with Crippen molar-refractivity contribution < 1.29 is 8.42 Å². The van der Waals surface area contributed by atoms with Crippen molar-refractivity contribution in [3.05, 3.63) is 59.5 Å². The van der Waals surface area contributed by atoms with E-state index in [9.17, 15) is 8.42 Å². The van der Waals surface area contributed by atoms with Gasteiger partial charge in [-0.2, -0.15) is 0 Å². The number of hydrogen-bond acceptors (Lipinski definition) is 3. The molecule has 114 valence electrons. The van der Waals surface area contributed by atoms with Crippen molar-refractivity contribution in [1.29, 1.82) is 0 Å². The number of anilines is 1. The normalized spacial score (nSPS) is 11.8. The van der Waals surface area contributed by atoms with Crippen LogP contribution in [0.1, 0.15) is 16.8 Å². The molecule has 0 atom stereocenters. The summed E-state index contributed by atoms with van der Waals surface area (Å²) in [6, 6.07) is 8.59. The van der Waals surface area contributed by atoms with Gasteiger partial charge in [-0.3, -0.25) is 4.72 Å². The number of aromatic nitrogens is 2. The van der Waals surface area contributed by atoms with Crippen LogP contribution in [0.25, 0.3) is 5.65 Å². The monoisotopic (exact) mass is 315 g/mol. The molecule has 0 aliphatic carbocycles. The summed E-state index contributed by atoms with van der Waals surface area (Å²) in [6.45, 7) is 5.72. The zero-order valence-electron chi connectivity index (χ0n) is 12.7. The Bertz CT molecular complexity index is 959. The van der Waals surface area contributed by atoms with E-state index in [0.29, 0.717) is 11.3 Å². The van der Waals surface area contributed by atoms with Crippen LogP contribution in [-0.4, -0.2) is 17.8 Å². The van der Waals surface area contributed by atoms with E-state index in [1.807, 2.05) is 39.2 Å². The lowest BCUT2D eigenvalue weighted by Gasteiger charge is -2.10. The third-order valence-corrected chi connectivity index (χ3v) is 5.00. The standard InChI is InChI=1S/C16H17N3O2S/c1-11-6-7-14(9-12(11)2)22(20,21)18-15-5-4-8-19-10-13(3)17-16(15)19/h4-10,18H,1-3H3. The number of nitrogens with zero attached hydrogens (tertiary/aromatic N) is 2. The van der Waals surface area contributed by atoms with E-state index in [1.54, 1.807) is 28.7 Å². The Morgan fingerprint density at radius 1 is 1.09 bits per heavy atom. The fourth-order valence-corrected chi connectivity index (χ4v) is 3.45. The topological polar surface area (TPSA) is 63.5 Å². The minimum atomic E-state index is -3.64. The minimum Gasteiger partial charge on any atom is -0.305 e. The van der Waals surface area contributed by atoms with Crippen molar-refractivity contribution >= 4 is 21.4 Å². The van der Waals surface area contributed by atoms with Crippen LogP contribution in [0.3, 0.4) is 0 Å². The predicted octanol–water partition coefficient (Wildman–Crippen LogP) is 3.06. The van der Waals surface area contributed by atoms with Gasteiger partial charge < -0.3 is 4.40 Å².